The van der Waals surface area contributed by atoms with E-state index in [4.69, 9.17) is 15.9 Å². The Hall–Kier alpha value is -1.07. The lowest BCUT2D eigenvalue weighted by atomic mass is 10.1. The fraction of sp³-hybridized carbons (Fsp3) is 0.417. The molecule has 17 heavy (non-hydrogen) atoms. The van der Waals surface area contributed by atoms with Gasteiger partial charge in [0.05, 0.1) is 12.3 Å². The molecule has 0 radical (unpaired) electrons. The first-order valence-corrected chi connectivity index (χ1v) is 6.12. The molecule has 1 aromatic carbocycles. The number of methoxy groups -OCH3 is 1. The van der Waals surface area contributed by atoms with Crippen LogP contribution in [0.4, 0.5) is 5.69 Å². The summed E-state index contributed by atoms with van der Waals surface area (Å²) in [5, 5.41) is 7.38. The smallest absolute Gasteiger partial charge is 0.122 e. The van der Waals surface area contributed by atoms with Crippen molar-refractivity contribution >= 4 is 27.5 Å². The first-order valence-electron chi connectivity index (χ1n) is 5.33. The molecular weight excluding hydrogens is 282 g/mol. The van der Waals surface area contributed by atoms with Crippen LogP contribution < -0.4 is 10.6 Å². The normalized spacial score (nSPS) is 12.2. The van der Waals surface area contributed by atoms with Gasteiger partial charge >= 0.3 is 0 Å². The van der Waals surface area contributed by atoms with Crippen molar-refractivity contribution in [2.45, 2.75) is 13.0 Å². The minimum absolute atomic E-state index is 0.0739. The highest BCUT2D eigenvalue weighted by molar-refractivity contribution is 9.10. The van der Waals surface area contributed by atoms with Crippen molar-refractivity contribution in [3.05, 3.63) is 28.2 Å². The maximum Gasteiger partial charge on any atom is 0.122 e. The number of hydrogen-bond acceptors (Lipinski definition) is 3. The van der Waals surface area contributed by atoms with Gasteiger partial charge in [-0.05, 0) is 41.1 Å². The molecule has 0 spiro atoms. The standard InChI is InChI=1S/C12H18BrN3O/c1-8(7-17-3)16(2)11-5-4-9(12(14)15)6-10(11)13/h4-6,8H,7H2,1-3H3,(H3,14,15). The third kappa shape index (κ3) is 3.44. The van der Waals surface area contributed by atoms with Gasteiger partial charge in [0, 0.05) is 30.2 Å². The van der Waals surface area contributed by atoms with Crippen molar-refractivity contribution in [1.29, 1.82) is 5.41 Å². The van der Waals surface area contributed by atoms with Crippen molar-refractivity contribution in [3.63, 3.8) is 0 Å². The Balaban J connectivity index is 2.95. The third-order valence-electron chi connectivity index (χ3n) is 2.71. The van der Waals surface area contributed by atoms with Crippen LogP contribution in [0.5, 0.6) is 0 Å². The average Bonchev–Trinajstić information content (AvgIpc) is 2.28. The molecule has 0 fully saturated rings. The Morgan fingerprint density at radius 3 is 2.71 bits per heavy atom. The molecule has 5 heteroatoms. The number of nitrogens with zero attached hydrogens (tertiary/aromatic N) is 1. The first kappa shape index (κ1) is 14.0. The van der Waals surface area contributed by atoms with E-state index in [1.165, 1.54) is 0 Å². The van der Waals surface area contributed by atoms with Gasteiger partial charge in [0.2, 0.25) is 0 Å². The number of nitrogen functional groups attached to an aromatic ring is 1. The summed E-state index contributed by atoms with van der Waals surface area (Å²) in [6.07, 6.45) is 0. The van der Waals surface area contributed by atoms with E-state index in [1.54, 1.807) is 7.11 Å². The number of nitrogens with one attached hydrogen (secondary N) is 1. The van der Waals surface area contributed by atoms with Crippen molar-refractivity contribution < 1.29 is 4.74 Å². The fourth-order valence-electron chi connectivity index (χ4n) is 1.55. The lowest BCUT2D eigenvalue weighted by molar-refractivity contribution is 0.183. The summed E-state index contributed by atoms with van der Waals surface area (Å²) < 4.78 is 6.06. The molecular formula is C12H18BrN3O. The molecule has 4 nitrogen and oxygen atoms in total. The van der Waals surface area contributed by atoms with E-state index < -0.39 is 0 Å². The van der Waals surface area contributed by atoms with E-state index in [0.717, 1.165) is 10.2 Å². The predicted molar refractivity (Wildman–Crippen MR) is 74.9 cm³/mol. The van der Waals surface area contributed by atoms with Crippen LogP contribution in [-0.2, 0) is 4.74 Å². The maximum atomic E-state index is 7.38. The van der Waals surface area contributed by atoms with Gasteiger partial charge < -0.3 is 15.4 Å². The number of anilines is 1. The molecule has 1 rings (SSSR count). The molecule has 0 aliphatic heterocycles. The zero-order valence-electron chi connectivity index (χ0n) is 10.3. The highest BCUT2D eigenvalue weighted by Crippen LogP contribution is 2.27. The van der Waals surface area contributed by atoms with Gasteiger partial charge in [-0.2, -0.15) is 0 Å². The molecule has 0 saturated heterocycles. The topological polar surface area (TPSA) is 62.3 Å². The second-order valence-corrected chi connectivity index (χ2v) is 4.85. The van der Waals surface area contributed by atoms with Crippen LogP contribution in [0.25, 0.3) is 0 Å². The van der Waals surface area contributed by atoms with Gasteiger partial charge in [0.15, 0.2) is 0 Å². The molecule has 94 valence electrons. The van der Waals surface area contributed by atoms with Gasteiger partial charge in [0.1, 0.15) is 5.84 Å². The number of amidine groups is 1. The second-order valence-electron chi connectivity index (χ2n) is 4.00. The summed E-state index contributed by atoms with van der Waals surface area (Å²) in [6, 6.07) is 5.93. The average molecular weight is 300 g/mol. The lowest BCUT2D eigenvalue weighted by Gasteiger charge is -2.27. The van der Waals surface area contributed by atoms with Crippen molar-refractivity contribution in [3.8, 4) is 0 Å². The summed E-state index contributed by atoms with van der Waals surface area (Å²) in [6.45, 7) is 2.76. The Bertz CT molecular complexity index is 409. The molecule has 0 aliphatic carbocycles. The summed E-state index contributed by atoms with van der Waals surface area (Å²) in [4.78, 5) is 2.12. The Morgan fingerprint density at radius 2 is 2.24 bits per heavy atom. The zero-order chi connectivity index (χ0) is 13.0. The first-order chi connectivity index (χ1) is 7.97. The van der Waals surface area contributed by atoms with E-state index in [1.807, 2.05) is 25.2 Å². The maximum absolute atomic E-state index is 7.38. The van der Waals surface area contributed by atoms with Crippen LogP contribution >= 0.6 is 15.9 Å². The second kappa shape index (κ2) is 6.02. The number of ether oxygens (including phenoxy) is 1. The molecule has 0 saturated carbocycles. The monoisotopic (exact) mass is 299 g/mol. The number of nitrogens with two attached hydrogens (primary N) is 1. The van der Waals surface area contributed by atoms with E-state index in [-0.39, 0.29) is 11.9 Å². The number of hydrogen-bond donors (Lipinski definition) is 2. The van der Waals surface area contributed by atoms with E-state index in [2.05, 4.69) is 27.8 Å². The van der Waals surface area contributed by atoms with Crippen molar-refractivity contribution in [1.82, 2.24) is 0 Å². The Kier molecular flexibility index (Phi) is 4.96. The van der Waals surface area contributed by atoms with Crippen LogP contribution in [-0.4, -0.2) is 32.6 Å². The quantitative estimate of drug-likeness (QED) is 0.647. The molecule has 3 N–H and O–H groups in total. The van der Waals surface area contributed by atoms with E-state index in [9.17, 15) is 0 Å². The summed E-state index contributed by atoms with van der Waals surface area (Å²) in [7, 11) is 3.70. The van der Waals surface area contributed by atoms with Crippen LogP contribution in [0.3, 0.4) is 0 Å². The predicted octanol–water partition coefficient (Wildman–Crippen LogP) is 2.20. The van der Waals surface area contributed by atoms with E-state index >= 15 is 0 Å². The Labute approximate surface area is 110 Å². The van der Waals surface area contributed by atoms with Crippen LogP contribution in [0.15, 0.2) is 22.7 Å². The largest absolute Gasteiger partial charge is 0.384 e. The van der Waals surface area contributed by atoms with Gasteiger partial charge in [0.25, 0.3) is 0 Å². The highest BCUT2D eigenvalue weighted by atomic mass is 79.9. The fourth-order valence-corrected chi connectivity index (χ4v) is 2.21. The van der Waals surface area contributed by atoms with Gasteiger partial charge in [-0.15, -0.1) is 0 Å². The third-order valence-corrected chi connectivity index (χ3v) is 3.34. The van der Waals surface area contributed by atoms with Gasteiger partial charge in [-0.3, -0.25) is 5.41 Å². The molecule has 1 aromatic rings. The number of halogens is 1. The molecule has 0 aromatic heterocycles. The molecule has 0 amide bonds. The minimum atomic E-state index is 0.0739. The number of likely N-dealkylation sites (N-methyl/N-ethyl adjacent to an activating group) is 1. The summed E-state index contributed by atoms with van der Waals surface area (Å²) in [5.41, 5.74) is 7.22. The Morgan fingerprint density at radius 1 is 1.59 bits per heavy atom. The van der Waals surface area contributed by atoms with Crippen molar-refractivity contribution in [2.75, 3.05) is 25.7 Å². The van der Waals surface area contributed by atoms with Crippen LogP contribution in [0.1, 0.15) is 12.5 Å². The van der Waals surface area contributed by atoms with Crippen molar-refractivity contribution in [2.24, 2.45) is 5.73 Å². The zero-order valence-corrected chi connectivity index (χ0v) is 11.9. The minimum Gasteiger partial charge on any atom is -0.384 e. The van der Waals surface area contributed by atoms with Gasteiger partial charge in [-0.25, -0.2) is 0 Å². The molecule has 1 atom stereocenters. The number of rotatable bonds is 5. The lowest BCUT2D eigenvalue weighted by Crippen LogP contribution is -2.32. The molecule has 0 heterocycles. The van der Waals surface area contributed by atoms with Crippen LogP contribution in [0.2, 0.25) is 0 Å². The van der Waals surface area contributed by atoms with Crippen LogP contribution in [0, 0.1) is 5.41 Å². The highest BCUT2D eigenvalue weighted by Gasteiger charge is 2.13. The summed E-state index contributed by atoms with van der Waals surface area (Å²) >= 11 is 3.50. The van der Waals surface area contributed by atoms with Gasteiger partial charge in [-0.1, -0.05) is 0 Å². The van der Waals surface area contributed by atoms with E-state index in [0.29, 0.717) is 12.2 Å². The SMILES string of the molecule is COCC(C)N(C)c1ccc(C(=N)N)cc1Br. The molecule has 1 unspecified atom stereocenters. The molecule has 0 aliphatic rings. The summed E-state index contributed by atoms with van der Waals surface area (Å²) in [5.74, 6) is 0.0739. The molecule has 0 bridgehead atoms. The number of benzene rings is 1.